The fourth-order valence-electron chi connectivity index (χ4n) is 2.97. The number of aromatic nitrogens is 2. The summed E-state index contributed by atoms with van der Waals surface area (Å²) in [6.07, 6.45) is 3.53. The van der Waals surface area contributed by atoms with Crippen molar-refractivity contribution in [2.45, 2.75) is 26.3 Å². The molecule has 1 saturated heterocycles. The minimum Gasteiger partial charge on any atom is -0.338 e. The first kappa shape index (κ1) is 17.2. The van der Waals surface area contributed by atoms with Crippen molar-refractivity contribution in [1.82, 2.24) is 14.7 Å². The number of hydrogen-bond acceptors (Lipinski definition) is 3. The first-order chi connectivity index (χ1) is 12.1. The molecule has 0 aliphatic carbocycles. The zero-order valence-electron chi connectivity index (χ0n) is 14.1. The van der Waals surface area contributed by atoms with E-state index in [9.17, 15) is 10.1 Å². The van der Waals surface area contributed by atoms with Gasteiger partial charge in [0.15, 0.2) is 0 Å². The van der Waals surface area contributed by atoms with Gasteiger partial charge in [-0.1, -0.05) is 41.9 Å². The van der Waals surface area contributed by atoms with Crippen molar-refractivity contribution in [2.24, 2.45) is 0 Å². The fraction of sp³-hybridized carbons (Fsp3) is 0.316. The van der Waals surface area contributed by atoms with Gasteiger partial charge in [0.1, 0.15) is 16.8 Å². The topological polar surface area (TPSA) is 61.9 Å². The zero-order chi connectivity index (χ0) is 17.8. The molecule has 1 aliphatic rings. The Bertz CT molecular complexity index is 842. The molecule has 6 heteroatoms. The van der Waals surface area contributed by atoms with Gasteiger partial charge in [-0.2, -0.15) is 10.4 Å². The summed E-state index contributed by atoms with van der Waals surface area (Å²) in [7, 11) is 0. The highest BCUT2D eigenvalue weighted by atomic mass is 35.5. The van der Waals surface area contributed by atoms with Gasteiger partial charge in [0.25, 0.3) is 5.91 Å². The van der Waals surface area contributed by atoms with E-state index < -0.39 is 0 Å². The highest BCUT2D eigenvalue weighted by Gasteiger charge is 2.22. The number of rotatable bonds is 4. The van der Waals surface area contributed by atoms with Gasteiger partial charge in [-0.15, -0.1) is 0 Å². The molecule has 1 aliphatic heterocycles. The molecule has 1 aromatic heterocycles. The molecule has 1 amide bonds. The lowest BCUT2D eigenvalue weighted by Gasteiger charge is -2.14. The van der Waals surface area contributed by atoms with Crippen LogP contribution < -0.4 is 0 Å². The van der Waals surface area contributed by atoms with E-state index in [1.807, 2.05) is 43.3 Å². The van der Waals surface area contributed by atoms with Crippen molar-refractivity contribution < 1.29 is 4.79 Å². The van der Waals surface area contributed by atoms with Gasteiger partial charge >= 0.3 is 0 Å². The smallest absolute Gasteiger partial charge is 0.264 e. The maximum absolute atomic E-state index is 12.5. The molecule has 25 heavy (non-hydrogen) atoms. The molecule has 0 atom stereocenters. The lowest BCUT2D eigenvalue weighted by atomic mass is 10.1. The second-order valence-corrected chi connectivity index (χ2v) is 6.46. The molecule has 0 N–H and O–H groups in total. The van der Waals surface area contributed by atoms with Crippen LogP contribution in [0.2, 0.25) is 5.15 Å². The molecular formula is C19H19ClN4O. The van der Waals surface area contributed by atoms with E-state index in [1.165, 1.54) is 0 Å². The van der Waals surface area contributed by atoms with Crippen molar-refractivity contribution >= 4 is 23.6 Å². The average Bonchev–Trinajstić information content (AvgIpc) is 3.24. The molecule has 0 radical (unpaired) electrons. The van der Waals surface area contributed by atoms with Crippen LogP contribution in [0.4, 0.5) is 0 Å². The van der Waals surface area contributed by atoms with Crippen LogP contribution in [-0.2, 0) is 11.3 Å². The Morgan fingerprint density at radius 3 is 2.64 bits per heavy atom. The summed E-state index contributed by atoms with van der Waals surface area (Å²) in [5.74, 6) is -0.230. The van der Waals surface area contributed by atoms with E-state index in [-0.39, 0.29) is 11.5 Å². The number of likely N-dealkylation sites (tertiary alicyclic amines) is 1. The highest BCUT2D eigenvalue weighted by Crippen LogP contribution is 2.24. The lowest BCUT2D eigenvalue weighted by molar-refractivity contribution is -0.125. The third-order valence-electron chi connectivity index (χ3n) is 4.32. The number of nitriles is 1. The first-order valence-electron chi connectivity index (χ1n) is 8.28. The minimum atomic E-state index is -0.230. The maximum Gasteiger partial charge on any atom is 0.264 e. The Morgan fingerprint density at radius 2 is 2.00 bits per heavy atom. The van der Waals surface area contributed by atoms with Crippen LogP contribution in [-0.4, -0.2) is 33.7 Å². The quantitative estimate of drug-likeness (QED) is 0.624. The summed E-state index contributed by atoms with van der Waals surface area (Å²) in [6, 6.07) is 11.9. The van der Waals surface area contributed by atoms with Crippen LogP contribution in [0.15, 0.2) is 35.9 Å². The molecule has 2 heterocycles. The number of benzene rings is 1. The van der Waals surface area contributed by atoms with Crippen LogP contribution >= 0.6 is 11.6 Å². The monoisotopic (exact) mass is 354 g/mol. The number of halogens is 1. The van der Waals surface area contributed by atoms with Crippen LogP contribution in [0.5, 0.6) is 0 Å². The van der Waals surface area contributed by atoms with Gasteiger partial charge in [0.2, 0.25) is 0 Å². The van der Waals surface area contributed by atoms with E-state index in [0.717, 1.165) is 18.4 Å². The molecule has 0 spiro atoms. The summed E-state index contributed by atoms with van der Waals surface area (Å²) in [4.78, 5) is 14.2. The Hall–Kier alpha value is -2.58. The van der Waals surface area contributed by atoms with Crippen molar-refractivity contribution in [1.29, 1.82) is 5.26 Å². The van der Waals surface area contributed by atoms with Gasteiger partial charge < -0.3 is 4.90 Å². The average molecular weight is 355 g/mol. The van der Waals surface area contributed by atoms with E-state index >= 15 is 0 Å². The number of hydrogen-bond donors (Lipinski definition) is 0. The Morgan fingerprint density at radius 1 is 1.32 bits per heavy atom. The molecule has 2 aromatic rings. The number of carbonyl (C=O) groups excluding carboxylic acids is 1. The van der Waals surface area contributed by atoms with E-state index in [0.29, 0.717) is 36.0 Å². The van der Waals surface area contributed by atoms with Gasteiger partial charge in [0, 0.05) is 18.7 Å². The van der Waals surface area contributed by atoms with Crippen molar-refractivity contribution in [3.05, 3.63) is 57.9 Å². The van der Waals surface area contributed by atoms with E-state index in [4.69, 9.17) is 11.6 Å². The summed E-state index contributed by atoms with van der Waals surface area (Å²) in [6.45, 7) is 3.78. The van der Waals surface area contributed by atoms with Crippen molar-refractivity contribution in [2.75, 3.05) is 13.1 Å². The van der Waals surface area contributed by atoms with E-state index in [2.05, 4.69) is 5.10 Å². The normalized spacial score (nSPS) is 14.6. The van der Waals surface area contributed by atoms with Gasteiger partial charge in [0.05, 0.1) is 12.2 Å². The fourth-order valence-corrected chi connectivity index (χ4v) is 3.26. The Labute approximate surface area is 152 Å². The molecular weight excluding hydrogens is 336 g/mol. The number of nitrogens with zero attached hydrogens (tertiary/aromatic N) is 4. The molecule has 0 unspecified atom stereocenters. The van der Waals surface area contributed by atoms with Gasteiger partial charge in [-0.3, -0.25) is 4.79 Å². The number of carbonyl (C=O) groups is 1. The largest absolute Gasteiger partial charge is 0.338 e. The first-order valence-corrected chi connectivity index (χ1v) is 8.66. The van der Waals surface area contributed by atoms with Gasteiger partial charge in [-0.05, 0) is 31.4 Å². The standard InChI is InChI=1S/C19H19ClN4O/c1-14-17(11-16(12-21)19(25)23-9-5-6-10-23)18(20)24(22-14)13-15-7-3-2-4-8-15/h2-4,7-8,11H,5-6,9-10,13H2,1H3/b16-11+. The summed E-state index contributed by atoms with van der Waals surface area (Å²) in [5, 5.41) is 14.3. The second kappa shape index (κ2) is 7.54. The molecule has 1 fully saturated rings. The lowest BCUT2D eigenvalue weighted by Crippen LogP contribution is -2.28. The predicted octanol–water partition coefficient (Wildman–Crippen LogP) is 3.42. The van der Waals surface area contributed by atoms with Crippen LogP contribution in [0.1, 0.15) is 29.7 Å². The van der Waals surface area contributed by atoms with Crippen molar-refractivity contribution in [3.8, 4) is 6.07 Å². The Balaban J connectivity index is 1.89. The van der Waals surface area contributed by atoms with Crippen LogP contribution in [0.3, 0.4) is 0 Å². The molecule has 0 saturated carbocycles. The predicted molar refractivity (Wildman–Crippen MR) is 96.9 cm³/mol. The SMILES string of the molecule is Cc1nn(Cc2ccccc2)c(Cl)c1/C=C(\C#N)C(=O)N1CCCC1. The summed E-state index contributed by atoms with van der Waals surface area (Å²) < 4.78 is 1.69. The molecule has 128 valence electrons. The minimum absolute atomic E-state index is 0.103. The summed E-state index contributed by atoms with van der Waals surface area (Å²) in [5.41, 5.74) is 2.51. The highest BCUT2D eigenvalue weighted by molar-refractivity contribution is 6.31. The third kappa shape index (κ3) is 3.75. The molecule has 1 aromatic carbocycles. The second-order valence-electron chi connectivity index (χ2n) is 6.10. The molecule has 0 bridgehead atoms. The zero-order valence-corrected chi connectivity index (χ0v) is 14.8. The maximum atomic E-state index is 12.5. The van der Waals surface area contributed by atoms with Crippen LogP contribution in [0, 0.1) is 18.3 Å². The Kier molecular flexibility index (Phi) is 5.20. The van der Waals surface area contributed by atoms with Gasteiger partial charge in [-0.25, -0.2) is 4.68 Å². The van der Waals surface area contributed by atoms with Crippen molar-refractivity contribution in [3.63, 3.8) is 0 Å². The van der Waals surface area contributed by atoms with E-state index in [1.54, 1.807) is 15.7 Å². The third-order valence-corrected chi connectivity index (χ3v) is 4.72. The molecule has 5 nitrogen and oxygen atoms in total. The number of aryl methyl sites for hydroxylation is 1. The molecule has 3 rings (SSSR count). The number of amides is 1. The summed E-state index contributed by atoms with van der Waals surface area (Å²) >= 11 is 6.47. The van der Waals surface area contributed by atoms with Crippen LogP contribution in [0.25, 0.3) is 6.08 Å².